The molecule has 1 atom stereocenters. The summed E-state index contributed by atoms with van der Waals surface area (Å²) in [5.41, 5.74) is 1.87. The molecule has 13 heteroatoms. The Morgan fingerprint density at radius 3 is 2.46 bits per heavy atom. The fourth-order valence-corrected chi connectivity index (χ4v) is 5.26. The van der Waals surface area contributed by atoms with Crippen LogP contribution in [0.2, 0.25) is 0 Å². The SMILES string of the molecule is Cc1nn(-c2cc(OC3CN(C(=O)N4N=CC[C@H]4c4cc(F)cc(F)c4)C3)c(F)cn2)c(C)c1C(=O)NC1CCC1. The fourth-order valence-electron chi connectivity index (χ4n) is 5.26. The number of hydrazone groups is 1. The predicted octanol–water partition coefficient (Wildman–Crippen LogP) is 4.20. The quantitative estimate of drug-likeness (QED) is 0.481. The number of hydrogen-bond donors (Lipinski definition) is 1. The van der Waals surface area contributed by atoms with Gasteiger partial charge in [-0.15, -0.1) is 0 Å². The van der Waals surface area contributed by atoms with Gasteiger partial charge in [0.05, 0.1) is 42.3 Å². The first-order chi connectivity index (χ1) is 19.7. The van der Waals surface area contributed by atoms with E-state index in [0.29, 0.717) is 28.9 Å². The number of carbonyl (C=O) groups is 2. The van der Waals surface area contributed by atoms with E-state index >= 15 is 0 Å². The molecular formula is C28H28F3N7O3. The average Bonchev–Trinajstić information content (AvgIpc) is 3.48. The molecule has 0 radical (unpaired) electrons. The minimum atomic E-state index is -0.732. The molecule has 0 bridgehead atoms. The molecule has 214 valence electrons. The van der Waals surface area contributed by atoms with Gasteiger partial charge in [0.15, 0.2) is 17.4 Å². The monoisotopic (exact) mass is 567 g/mol. The molecule has 1 aliphatic carbocycles. The van der Waals surface area contributed by atoms with E-state index in [1.165, 1.54) is 39.0 Å². The maximum absolute atomic E-state index is 14.7. The Bertz CT molecular complexity index is 1530. The highest BCUT2D eigenvalue weighted by Crippen LogP contribution is 2.32. The van der Waals surface area contributed by atoms with Gasteiger partial charge in [0.2, 0.25) is 0 Å². The van der Waals surface area contributed by atoms with Crippen LogP contribution in [-0.4, -0.2) is 68.1 Å². The Kier molecular flexibility index (Phi) is 6.88. The number of pyridine rings is 1. The van der Waals surface area contributed by atoms with Crippen LogP contribution in [0.5, 0.6) is 5.75 Å². The maximum Gasteiger partial charge on any atom is 0.341 e. The summed E-state index contributed by atoms with van der Waals surface area (Å²) in [6.45, 7) is 3.82. The van der Waals surface area contributed by atoms with E-state index in [-0.39, 0.29) is 36.6 Å². The van der Waals surface area contributed by atoms with Crippen LogP contribution in [0.3, 0.4) is 0 Å². The summed E-state index contributed by atoms with van der Waals surface area (Å²) in [6.07, 6.45) is 5.39. The van der Waals surface area contributed by atoms with Crippen LogP contribution in [0.15, 0.2) is 35.6 Å². The average molecular weight is 568 g/mol. The first-order valence-electron chi connectivity index (χ1n) is 13.4. The molecule has 0 spiro atoms. The van der Waals surface area contributed by atoms with Crippen molar-refractivity contribution in [2.24, 2.45) is 5.10 Å². The van der Waals surface area contributed by atoms with Crippen molar-refractivity contribution < 1.29 is 27.5 Å². The van der Waals surface area contributed by atoms with Crippen molar-refractivity contribution in [3.63, 3.8) is 0 Å². The molecule has 4 heterocycles. The zero-order valence-corrected chi connectivity index (χ0v) is 22.5. The molecule has 6 rings (SSSR count). The standard InChI is InChI=1S/C28H28F3N7O3/c1-15-26(27(39)34-20-4-3-5-20)16(2)37(35-15)25-11-24(22(31)12-32-25)41-21-13-36(14-21)28(40)38-23(6-7-33-38)17-8-18(29)10-19(30)9-17/h7-12,20-21,23H,3-6,13-14H2,1-2H3,(H,34,39)/t23-/m0/s1. The number of rotatable bonds is 6. The molecule has 1 aromatic carbocycles. The molecule has 0 unspecified atom stereocenters. The second-order valence-corrected chi connectivity index (χ2v) is 10.6. The number of likely N-dealkylation sites (tertiary alicyclic amines) is 1. The number of carbonyl (C=O) groups excluding carboxylic acids is 2. The molecule has 41 heavy (non-hydrogen) atoms. The van der Waals surface area contributed by atoms with E-state index in [1.807, 2.05) is 0 Å². The largest absolute Gasteiger partial charge is 0.483 e. The highest BCUT2D eigenvalue weighted by atomic mass is 19.1. The molecule has 10 nitrogen and oxygen atoms in total. The minimum absolute atomic E-state index is 0.0626. The van der Waals surface area contributed by atoms with Gasteiger partial charge in [-0.1, -0.05) is 0 Å². The van der Waals surface area contributed by atoms with Gasteiger partial charge in [-0.3, -0.25) is 4.79 Å². The van der Waals surface area contributed by atoms with E-state index < -0.39 is 35.6 Å². The van der Waals surface area contributed by atoms with Crippen LogP contribution < -0.4 is 10.1 Å². The molecule has 1 N–H and O–H groups in total. The predicted molar refractivity (Wildman–Crippen MR) is 141 cm³/mol. The van der Waals surface area contributed by atoms with E-state index in [2.05, 4.69) is 20.5 Å². The third-order valence-electron chi connectivity index (χ3n) is 7.69. The summed E-state index contributed by atoms with van der Waals surface area (Å²) in [5, 5.41) is 12.8. The first kappa shape index (κ1) is 26.8. The van der Waals surface area contributed by atoms with Crippen molar-refractivity contribution in [3.8, 4) is 11.6 Å². The number of nitrogens with zero attached hydrogens (tertiary/aromatic N) is 6. The second-order valence-electron chi connectivity index (χ2n) is 10.6. The lowest BCUT2D eigenvalue weighted by Gasteiger charge is -2.41. The summed E-state index contributed by atoms with van der Waals surface area (Å²) in [6, 6.07) is 3.64. The normalized spacial score (nSPS) is 18.8. The molecular weight excluding hydrogens is 539 g/mol. The summed E-state index contributed by atoms with van der Waals surface area (Å²) < 4.78 is 49.5. The zero-order valence-electron chi connectivity index (χ0n) is 22.5. The molecule has 3 aliphatic rings. The van der Waals surface area contributed by atoms with Gasteiger partial charge in [-0.2, -0.15) is 10.2 Å². The van der Waals surface area contributed by atoms with Gasteiger partial charge in [-0.25, -0.2) is 32.6 Å². The molecule has 1 saturated heterocycles. The third kappa shape index (κ3) is 5.11. The molecule has 3 aromatic rings. The van der Waals surface area contributed by atoms with Crippen LogP contribution in [0, 0.1) is 31.3 Å². The fraction of sp³-hybridized carbons (Fsp3) is 0.393. The Hall–Kier alpha value is -4.42. The van der Waals surface area contributed by atoms with E-state index in [9.17, 15) is 22.8 Å². The van der Waals surface area contributed by atoms with Gasteiger partial charge in [0.25, 0.3) is 5.91 Å². The molecule has 3 amide bonds. The van der Waals surface area contributed by atoms with Crippen molar-refractivity contribution in [2.45, 2.75) is 57.7 Å². The van der Waals surface area contributed by atoms with Gasteiger partial charge in [-0.05, 0) is 50.8 Å². The van der Waals surface area contributed by atoms with Gasteiger partial charge >= 0.3 is 6.03 Å². The number of aryl methyl sites for hydroxylation is 1. The Morgan fingerprint density at radius 1 is 1.05 bits per heavy atom. The van der Waals surface area contributed by atoms with E-state index in [0.717, 1.165) is 31.5 Å². The number of urea groups is 1. The number of benzene rings is 1. The summed E-state index contributed by atoms with van der Waals surface area (Å²) in [4.78, 5) is 31.5. The van der Waals surface area contributed by atoms with E-state index in [4.69, 9.17) is 4.74 Å². The first-order valence-corrected chi connectivity index (χ1v) is 13.4. The van der Waals surface area contributed by atoms with Gasteiger partial charge < -0.3 is 15.0 Å². The smallest absolute Gasteiger partial charge is 0.341 e. The summed E-state index contributed by atoms with van der Waals surface area (Å²) >= 11 is 0. The highest BCUT2D eigenvalue weighted by molar-refractivity contribution is 5.96. The van der Waals surface area contributed by atoms with Crippen LogP contribution in [-0.2, 0) is 0 Å². The maximum atomic E-state index is 14.7. The van der Waals surface area contributed by atoms with E-state index in [1.54, 1.807) is 13.8 Å². The Morgan fingerprint density at radius 2 is 1.78 bits per heavy atom. The number of nitrogens with one attached hydrogen (secondary N) is 1. The Labute approximate surface area is 233 Å². The lowest BCUT2D eigenvalue weighted by molar-refractivity contribution is 0.0256. The van der Waals surface area contributed by atoms with Gasteiger partial charge in [0.1, 0.15) is 17.7 Å². The van der Waals surface area contributed by atoms with Crippen LogP contribution in [0.25, 0.3) is 5.82 Å². The van der Waals surface area contributed by atoms with Crippen LogP contribution in [0.1, 0.15) is 59.0 Å². The minimum Gasteiger partial charge on any atom is -0.483 e. The van der Waals surface area contributed by atoms with Crippen molar-refractivity contribution >= 4 is 18.2 Å². The van der Waals surface area contributed by atoms with Crippen LogP contribution >= 0.6 is 0 Å². The molecule has 2 aromatic heterocycles. The van der Waals surface area contributed by atoms with Gasteiger partial charge in [0, 0.05) is 30.8 Å². The molecule has 1 saturated carbocycles. The summed E-state index contributed by atoms with van der Waals surface area (Å²) in [5.74, 6) is -2.12. The lowest BCUT2D eigenvalue weighted by atomic mass is 9.93. The van der Waals surface area contributed by atoms with Crippen LogP contribution in [0.4, 0.5) is 18.0 Å². The van der Waals surface area contributed by atoms with Crippen molar-refractivity contribution in [2.75, 3.05) is 13.1 Å². The Balaban J connectivity index is 1.12. The summed E-state index contributed by atoms with van der Waals surface area (Å²) in [7, 11) is 0. The second kappa shape index (κ2) is 10.5. The molecule has 2 fully saturated rings. The molecule has 2 aliphatic heterocycles. The third-order valence-corrected chi connectivity index (χ3v) is 7.69. The lowest BCUT2D eigenvalue weighted by Crippen LogP contribution is -2.58. The number of amides is 3. The number of aromatic nitrogens is 3. The van der Waals surface area contributed by atoms with Crippen molar-refractivity contribution in [3.05, 3.63) is 70.4 Å². The zero-order chi connectivity index (χ0) is 28.8. The number of halogens is 3. The van der Waals surface area contributed by atoms with Crippen molar-refractivity contribution in [1.29, 1.82) is 0 Å². The highest BCUT2D eigenvalue weighted by Gasteiger charge is 2.39. The topological polar surface area (TPSA) is 105 Å². The van der Waals surface area contributed by atoms with Crippen molar-refractivity contribution in [1.82, 2.24) is 30.0 Å². The number of hydrogen-bond acceptors (Lipinski definition) is 6. The number of ether oxygens (including phenoxy) is 1.